The average Bonchev–Trinajstić information content (AvgIpc) is 2.25. The third-order valence-electron chi connectivity index (χ3n) is 2.11. The third-order valence-corrected chi connectivity index (χ3v) is 2.11. The van der Waals surface area contributed by atoms with Gasteiger partial charge in [-0.1, -0.05) is 18.2 Å². The van der Waals surface area contributed by atoms with Crippen molar-refractivity contribution in [3.05, 3.63) is 30.3 Å². The minimum Gasteiger partial charge on any atom is -0.481 e. The summed E-state index contributed by atoms with van der Waals surface area (Å²) in [7, 11) is 0. The highest BCUT2D eigenvalue weighted by atomic mass is 16.4. The minimum absolute atomic E-state index is 0.0898. The number of carboxylic acids is 1. The maximum atomic E-state index is 11.1. The molecule has 1 atom stereocenters. The molecule has 16 heavy (non-hydrogen) atoms. The molecule has 1 rings (SSSR count). The number of amides is 1. The van der Waals surface area contributed by atoms with Crippen LogP contribution in [0.25, 0.3) is 0 Å². The molecule has 0 heterocycles. The van der Waals surface area contributed by atoms with Crippen LogP contribution in [0, 0.1) is 0 Å². The number of carboxylic acid groups (broad SMARTS) is 1. The second-order valence-corrected chi connectivity index (χ2v) is 3.40. The fraction of sp³-hybridized carbons (Fsp3) is 0.273. The Kier molecular flexibility index (Phi) is 4.32. The standard InChI is InChI=1S/C11H14N2O3/c12-11(16)9(6-7-10(14)15)13-8-4-2-1-3-5-8/h1-5,9,13H,6-7H2,(H2,12,16)(H,14,15)/t9-/m0/s1. The lowest BCUT2D eigenvalue weighted by Gasteiger charge is -2.15. The zero-order valence-electron chi connectivity index (χ0n) is 8.72. The minimum atomic E-state index is -0.943. The Hall–Kier alpha value is -2.04. The van der Waals surface area contributed by atoms with Gasteiger partial charge in [0.1, 0.15) is 6.04 Å². The predicted octanol–water partition coefficient (Wildman–Crippen LogP) is 0.817. The van der Waals surface area contributed by atoms with Crippen molar-refractivity contribution in [3.8, 4) is 0 Å². The van der Waals surface area contributed by atoms with Crippen LogP contribution in [0.15, 0.2) is 30.3 Å². The molecule has 0 aliphatic rings. The first-order valence-electron chi connectivity index (χ1n) is 4.92. The fourth-order valence-corrected chi connectivity index (χ4v) is 1.29. The quantitative estimate of drug-likeness (QED) is 0.664. The van der Waals surface area contributed by atoms with E-state index in [9.17, 15) is 9.59 Å². The number of nitrogens with one attached hydrogen (secondary N) is 1. The number of anilines is 1. The van der Waals surface area contributed by atoms with Gasteiger partial charge in [-0.25, -0.2) is 0 Å². The summed E-state index contributed by atoms with van der Waals surface area (Å²) in [5.74, 6) is -1.49. The molecular weight excluding hydrogens is 208 g/mol. The first-order chi connectivity index (χ1) is 7.59. The average molecular weight is 222 g/mol. The van der Waals surface area contributed by atoms with Crippen LogP contribution in [0.4, 0.5) is 5.69 Å². The van der Waals surface area contributed by atoms with Gasteiger partial charge in [-0.2, -0.15) is 0 Å². The highest BCUT2D eigenvalue weighted by molar-refractivity contribution is 5.83. The lowest BCUT2D eigenvalue weighted by atomic mass is 10.1. The number of aliphatic carboxylic acids is 1. The molecule has 0 fully saturated rings. The summed E-state index contributed by atoms with van der Waals surface area (Å²) in [6.45, 7) is 0. The van der Waals surface area contributed by atoms with Crippen LogP contribution in [0.3, 0.4) is 0 Å². The molecule has 0 saturated carbocycles. The van der Waals surface area contributed by atoms with E-state index < -0.39 is 17.9 Å². The van der Waals surface area contributed by atoms with Crippen molar-refractivity contribution in [2.75, 3.05) is 5.32 Å². The zero-order valence-corrected chi connectivity index (χ0v) is 8.72. The van der Waals surface area contributed by atoms with Gasteiger partial charge in [0.15, 0.2) is 0 Å². The second-order valence-electron chi connectivity index (χ2n) is 3.40. The number of primary amides is 1. The van der Waals surface area contributed by atoms with E-state index in [1.165, 1.54) is 0 Å². The van der Waals surface area contributed by atoms with E-state index in [4.69, 9.17) is 10.8 Å². The van der Waals surface area contributed by atoms with Crippen LogP contribution < -0.4 is 11.1 Å². The molecule has 0 unspecified atom stereocenters. The van der Waals surface area contributed by atoms with E-state index in [-0.39, 0.29) is 12.8 Å². The molecule has 5 nitrogen and oxygen atoms in total. The lowest BCUT2D eigenvalue weighted by molar-refractivity contribution is -0.137. The fourth-order valence-electron chi connectivity index (χ4n) is 1.29. The molecule has 4 N–H and O–H groups in total. The number of para-hydroxylation sites is 1. The maximum Gasteiger partial charge on any atom is 0.303 e. The molecule has 0 saturated heterocycles. The number of hydrogen-bond donors (Lipinski definition) is 3. The molecule has 0 aliphatic heterocycles. The summed E-state index contributed by atoms with van der Waals surface area (Å²) in [4.78, 5) is 21.5. The van der Waals surface area contributed by atoms with Crippen molar-refractivity contribution in [2.45, 2.75) is 18.9 Å². The van der Waals surface area contributed by atoms with Crippen molar-refractivity contribution in [1.29, 1.82) is 0 Å². The van der Waals surface area contributed by atoms with Gasteiger partial charge < -0.3 is 16.2 Å². The first kappa shape index (κ1) is 12.0. The van der Waals surface area contributed by atoms with Gasteiger partial charge in [-0.05, 0) is 18.6 Å². The zero-order chi connectivity index (χ0) is 12.0. The Morgan fingerprint density at radius 1 is 1.31 bits per heavy atom. The normalized spacial score (nSPS) is 11.8. The Balaban J connectivity index is 2.58. The topological polar surface area (TPSA) is 92.4 Å². The van der Waals surface area contributed by atoms with E-state index in [0.717, 1.165) is 5.69 Å². The summed E-state index contributed by atoms with van der Waals surface area (Å²) in [5, 5.41) is 11.4. The summed E-state index contributed by atoms with van der Waals surface area (Å²) in [6.07, 6.45) is 0.0903. The number of carbonyl (C=O) groups excluding carboxylic acids is 1. The van der Waals surface area contributed by atoms with E-state index in [0.29, 0.717) is 0 Å². The molecule has 1 aromatic carbocycles. The highest BCUT2D eigenvalue weighted by Crippen LogP contribution is 2.09. The van der Waals surface area contributed by atoms with Gasteiger partial charge in [0, 0.05) is 12.1 Å². The Labute approximate surface area is 93.3 Å². The number of rotatable bonds is 6. The summed E-state index contributed by atoms with van der Waals surface area (Å²) < 4.78 is 0. The Morgan fingerprint density at radius 2 is 1.94 bits per heavy atom. The predicted molar refractivity (Wildman–Crippen MR) is 59.9 cm³/mol. The molecule has 0 radical (unpaired) electrons. The van der Waals surface area contributed by atoms with Gasteiger partial charge in [-0.15, -0.1) is 0 Å². The van der Waals surface area contributed by atoms with Crippen LogP contribution in [0.2, 0.25) is 0 Å². The molecule has 1 amide bonds. The molecule has 5 heteroatoms. The van der Waals surface area contributed by atoms with E-state index in [1.807, 2.05) is 18.2 Å². The van der Waals surface area contributed by atoms with Crippen molar-refractivity contribution in [2.24, 2.45) is 5.73 Å². The van der Waals surface area contributed by atoms with Crippen LogP contribution in [-0.4, -0.2) is 23.0 Å². The van der Waals surface area contributed by atoms with Gasteiger partial charge in [0.25, 0.3) is 0 Å². The van der Waals surface area contributed by atoms with Crippen LogP contribution in [0.1, 0.15) is 12.8 Å². The number of benzene rings is 1. The second kappa shape index (κ2) is 5.75. The van der Waals surface area contributed by atoms with Crippen LogP contribution in [-0.2, 0) is 9.59 Å². The molecule has 0 spiro atoms. The van der Waals surface area contributed by atoms with Crippen molar-refractivity contribution >= 4 is 17.6 Å². The smallest absolute Gasteiger partial charge is 0.303 e. The molecule has 0 aliphatic carbocycles. The third kappa shape index (κ3) is 4.00. The molecule has 86 valence electrons. The number of nitrogens with two attached hydrogens (primary N) is 1. The Morgan fingerprint density at radius 3 is 2.44 bits per heavy atom. The molecular formula is C11H14N2O3. The monoisotopic (exact) mass is 222 g/mol. The van der Waals surface area contributed by atoms with Gasteiger partial charge >= 0.3 is 5.97 Å². The molecule has 1 aromatic rings. The van der Waals surface area contributed by atoms with E-state index in [1.54, 1.807) is 12.1 Å². The first-order valence-corrected chi connectivity index (χ1v) is 4.92. The van der Waals surface area contributed by atoms with Gasteiger partial charge in [0.2, 0.25) is 5.91 Å². The Bertz CT molecular complexity index is 365. The van der Waals surface area contributed by atoms with E-state index in [2.05, 4.69) is 5.32 Å². The van der Waals surface area contributed by atoms with Crippen LogP contribution >= 0.6 is 0 Å². The van der Waals surface area contributed by atoms with Gasteiger partial charge in [-0.3, -0.25) is 9.59 Å². The van der Waals surface area contributed by atoms with Crippen molar-refractivity contribution in [3.63, 3.8) is 0 Å². The van der Waals surface area contributed by atoms with Crippen molar-refractivity contribution in [1.82, 2.24) is 0 Å². The molecule has 0 aromatic heterocycles. The SMILES string of the molecule is NC(=O)[C@H](CCC(=O)O)Nc1ccccc1. The summed E-state index contributed by atoms with van der Waals surface area (Å²) in [5.41, 5.74) is 5.92. The number of hydrogen-bond acceptors (Lipinski definition) is 3. The number of carbonyl (C=O) groups is 2. The lowest BCUT2D eigenvalue weighted by Crippen LogP contribution is -2.35. The van der Waals surface area contributed by atoms with Crippen molar-refractivity contribution < 1.29 is 14.7 Å². The molecule has 0 bridgehead atoms. The van der Waals surface area contributed by atoms with Gasteiger partial charge in [0.05, 0.1) is 0 Å². The maximum absolute atomic E-state index is 11.1. The summed E-state index contributed by atoms with van der Waals surface area (Å²) >= 11 is 0. The summed E-state index contributed by atoms with van der Waals surface area (Å²) in [6, 6.07) is 8.41. The van der Waals surface area contributed by atoms with E-state index >= 15 is 0 Å². The van der Waals surface area contributed by atoms with Crippen LogP contribution in [0.5, 0.6) is 0 Å². The largest absolute Gasteiger partial charge is 0.481 e. The highest BCUT2D eigenvalue weighted by Gasteiger charge is 2.16.